The maximum absolute atomic E-state index is 14.8. The van der Waals surface area contributed by atoms with Crippen LogP contribution in [0.3, 0.4) is 0 Å². The van der Waals surface area contributed by atoms with Gasteiger partial charge in [-0.05, 0) is 53.9 Å². The van der Waals surface area contributed by atoms with Crippen LogP contribution >= 0.6 is 0 Å². The zero-order valence-electron chi connectivity index (χ0n) is 17.3. The van der Waals surface area contributed by atoms with E-state index in [4.69, 9.17) is 15.2 Å². The van der Waals surface area contributed by atoms with Gasteiger partial charge in [0.1, 0.15) is 23.9 Å². The lowest BCUT2D eigenvalue weighted by atomic mass is 9.82. The second kappa shape index (κ2) is 8.41. The standard InChI is InChI=1S/C23H20F3N3O3/c1-13-7-15(4-6-20(13)32-21(25)26)23(12-31-22(27)29-23)16-3-5-19(24)18(9-16)14-8-17(30-2)11-28-10-14/h3-11,21H,12H2,1-2H3,(H2,27,29)/t23-/m0/s1. The molecule has 1 aliphatic rings. The van der Waals surface area contributed by atoms with Crippen LogP contribution < -0.4 is 15.2 Å². The Morgan fingerprint density at radius 2 is 1.84 bits per heavy atom. The van der Waals surface area contributed by atoms with Crippen molar-refractivity contribution in [2.75, 3.05) is 13.7 Å². The van der Waals surface area contributed by atoms with Crippen LogP contribution in [0.1, 0.15) is 16.7 Å². The Hall–Kier alpha value is -3.75. The lowest BCUT2D eigenvalue weighted by Gasteiger charge is -2.27. The van der Waals surface area contributed by atoms with Gasteiger partial charge in [0.15, 0.2) is 5.54 Å². The number of halogens is 3. The van der Waals surface area contributed by atoms with Crippen molar-refractivity contribution in [1.29, 1.82) is 0 Å². The van der Waals surface area contributed by atoms with Gasteiger partial charge in [0.05, 0.1) is 13.3 Å². The van der Waals surface area contributed by atoms with Crippen molar-refractivity contribution in [3.63, 3.8) is 0 Å². The third-order valence-electron chi connectivity index (χ3n) is 5.30. The number of aliphatic imine (C=N–C) groups is 1. The topological polar surface area (TPSA) is 79.0 Å². The van der Waals surface area contributed by atoms with Crippen molar-refractivity contribution in [2.24, 2.45) is 10.7 Å². The van der Waals surface area contributed by atoms with Crippen molar-refractivity contribution < 1.29 is 27.4 Å². The molecular weight excluding hydrogens is 423 g/mol. The number of pyridine rings is 1. The molecule has 1 aliphatic heterocycles. The van der Waals surface area contributed by atoms with Gasteiger partial charge in [0, 0.05) is 17.3 Å². The van der Waals surface area contributed by atoms with Gasteiger partial charge < -0.3 is 19.9 Å². The summed E-state index contributed by atoms with van der Waals surface area (Å²) in [5.74, 6) is 0.0856. The summed E-state index contributed by atoms with van der Waals surface area (Å²) < 4.78 is 55.3. The van der Waals surface area contributed by atoms with Crippen LogP contribution in [0.15, 0.2) is 59.9 Å². The molecule has 0 amide bonds. The van der Waals surface area contributed by atoms with Crippen molar-refractivity contribution in [1.82, 2.24) is 4.98 Å². The Morgan fingerprint density at radius 3 is 2.50 bits per heavy atom. The van der Waals surface area contributed by atoms with Gasteiger partial charge in [0.25, 0.3) is 6.02 Å². The zero-order valence-corrected chi connectivity index (χ0v) is 17.3. The van der Waals surface area contributed by atoms with E-state index < -0.39 is 18.0 Å². The van der Waals surface area contributed by atoms with Gasteiger partial charge in [0.2, 0.25) is 0 Å². The third-order valence-corrected chi connectivity index (χ3v) is 5.30. The van der Waals surface area contributed by atoms with Crippen molar-refractivity contribution in [3.05, 3.63) is 77.4 Å². The molecule has 4 rings (SSSR count). The fraction of sp³-hybridized carbons (Fsp3) is 0.217. The van der Waals surface area contributed by atoms with E-state index in [1.807, 2.05) is 0 Å². The number of aryl methyl sites for hydroxylation is 1. The molecule has 2 N–H and O–H groups in total. The predicted molar refractivity (Wildman–Crippen MR) is 112 cm³/mol. The lowest BCUT2D eigenvalue weighted by Crippen LogP contribution is -2.27. The van der Waals surface area contributed by atoms with Gasteiger partial charge in [-0.1, -0.05) is 12.1 Å². The molecule has 0 spiro atoms. The first-order valence-corrected chi connectivity index (χ1v) is 9.66. The zero-order chi connectivity index (χ0) is 22.9. The van der Waals surface area contributed by atoms with E-state index in [1.54, 1.807) is 37.3 Å². The largest absolute Gasteiger partial charge is 0.495 e. The molecule has 3 aromatic rings. The number of hydrogen-bond donors (Lipinski definition) is 1. The van der Waals surface area contributed by atoms with E-state index in [2.05, 4.69) is 14.7 Å². The van der Waals surface area contributed by atoms with Gasteiger partial charge in [-0.15, -0.1) is 0 Å². The first-order valence-electron chi connectivity index (χ1n) is 9.66. The molecule has 0 aliphatic carbocycles. The van der Waals surface area contributed by atoms with Crippen LogP contribution in [0, 0.1) is 12.7 Å². The number of benzene rings is 2. The van der Waals surface area contributed by atoms with E-state index in [0.29, 0.717) is 33.6 Å². The summed E-state index contributed by atoms with van der Waals surface area (Å²) in [6.45, 7) is -1.22. The molecule has 0 radical (unpaired) electrons. The van der Waals surface area contributed by atoms with E-state index >= 15 is 0 Å². The summed E-state index contributed by atoms with van der Waals surface area (Å²) in [5, 5.41) is 0. The monoisotopic (exact) mass is 443 g/mol. The second-order valence-corrected chi connectivity index (χ2v) is 7.27. The SMILES string of the molecule is COc1cncc(-c2cc([C@@]3(c4ccc(OC(F)F)c(C)c4)COC(N)=N3)ccc2F)c1. The van der Waals surface area contributed by atoms with E-state index in [1.165, 1.54) is 31.6 Å². The first-order chi connectivity index (χ1) is 15.3. The van der Waals surface area contributed by atoms with E-state index in [0.717, 1.165) is 0 Å². The number of nitrogens with two attached hydrogens (primary N) is 1. The summed E-state index contributed by atoms with van der Waals surface area (Å²) in [7, 11) is 1.50. The molecule has 6 nitrogen and oxygen atoms in total. The molecule has 0 saturated heterocycles. The summed E-state index contributed by atoms with van der Waals surface area (Å²) in [6.07, 6.45) is 3.05. The van der Waals surface area contributed by atoms with Crippen LogP contribution in [0.25, 0.3) is 11.1 Å². The maximum atomic E-state index is 14.8. The lowest BCUT2D eigenvalue weighted by molar-refractivity contribution is -0.0503. The van der Waals surface area contributed by atoms with Crippen LogP contribution in [-0.4, -0.2) is 31.3 Å². The quantitative estimate of drug-likeness (QED) is 0.611. The summed E-state index contributed by atoms with van der Waals surface area (Å²) in [5.41, 5.74) is 7.30. The Bertz CT molecular complexity index is 1190. The minimum Gasteiger partial charge on any atom is -0.495 e. The molecule has 0 bridgehead atoms. The molecule has 0 fully saturated rings. The van der Waals surface area contributed by atoms with Crippen LogP contribution in [-0.2, 0) is 10.3 Å². The van der Waals surface area contributed by atoms with Gasteiger partial charge in [-0.25, -0.2) is 9.38 Å². The average molecular weight is 443 g/mol. The highest BCUT2D eigenvalue weighted by Gasteiger charge is 2.40. The summed E-state index contributed by atoms with van der Waals surface area (Å²) in [6, 6.07) is 11.0. The van der Waals surface area contributed by atoms with Gasteiger partial charge >= 0.3 is 6.61 Å². The fourth-order valence-electron chi connectivity index (χ4n) is 3.71. The molecular formula is C23H20F3N3O3. The van der Waals surface area contributed by atoms with Crippen molar-refractivity contribution in [3.8, 4) is 22.6 Å². The van der Waals surface area contributed by atoms with Gasteiger partial charge in [-0.3, -0.25) is 4.98 Å². The summed E-state index contributed by atoms with van der Waals surface area (Å²) >= 11 is 0. The molecule has 2 aromatic carbocycles. The van der Waals surface area contributed by atoms with Gasteiger partial charge in [-0.2, -0.15) is 8.78 Å². The minimum atomic E-state index is -2.94. The Morgan fingerprint density at radius 1 is 1.09 bits per heavy atom. The van der Waals surface area contributed by atoms with E-state index in [-0.39, 0.29) is 18.4 Å². The average Bonchev–Trinajstić information content (AvgIpc) is 3.18. The molecule has 166 valence electrons. The summed E-state index contributed by atoms with van der Waals surface area (Å²) in [4.78, 5) is 8.60. The number of hydrogen-bond acceptors (Lipinski definition) is 6. The first kappa shape index (κ1) is 21.5. The number of ether oxygens (including phenoxy) is 3. The smallest absolute Gasteiger partial charge is 0.387 e. The molecule has 0 saturated carbocycles. The predicted octanol–water partition coefficient (Wildman–Crippen LogP) is 4.39. The highest BCUT2D eigenvalue weighted by molar-refractivity contribution is 5.76. The molecule has 0 unspecified atom stereocenters. The van der Waals surface area contributed by atoms with Crippen molar-refractivity contribution in [2.45, 2.75) is 19.1 Å². The highest BCUT2D eigenvalue weighted by Crippen LogP contribution is 2.41. The number of nitrogens with zero attached hydrogens (tertiary/aromatic N) is 2. The number of amidine groups is 1. The van der Waals surface area contributed by atoms with Crippen molar-refractivity contribution >= 4 is 6.02 Å². The third kappa shape index (κ3) is 3.93. The fourth-order valence-corrected chi connectivity index (χ4v) is 3.71. The van der Waals surface area contributed by atoms with E-state index in [9.17, 15) is 13.2 Å². The minimum absolute atomic E-state index is 0.0236. The molecule has 1 aromatic heterocycles. The number of rotatable bonds is 6. The van der Waals surface area contributed by atoms with Crippen LogP contribution in [0.2, 0.25) is 0 Å². The molecule has 32 heavy (non-hydrogen) atoms. The molecule has 9 heteroatoms. The molecule has 1 atom stereocenters. The normalized spacial score (nSPS) is 17.8. The van der Waals surface area contributed by atoms with Crippen LogP contribution in [0.5, 0.6) is 11.5 Å². The Kier molecular flexibility index (Phi) is 5.65. The molecule has 2 heterocycles. The number of alkyl halides is 2. The maximum Gasteiger partial charge on any atom is 0.387 e. The highest BCUT2D eigenvalue weighted by atomic mass is 19.3. The van der Waals surface area contributed by atoms with Crippen LogP contribution in [0.4, 0.5) is 13.2 Å². The Labute approximate surface area is 182 Å². The number of aromatic nitrogens is 1. The Balaban J connectivity index is 1.84. The second-order valence-electron chi connectivity index (χ2n) is 7.27. The number of methoxy groups -OCH3 is 1.